The van der Waals surface area contributed by atoms with Crippen molar-refractivity contribution in [3.63, 3.8) is 0 Å². The van der Waals surface area contributed by atoms with E-state index in [0.717, 1.165) is 26.3 Å². The molecule has 0 atom stereocenters. The highest BCUT2D eigenvalue weighted by Gasteiger charge is 2.08. The number of nitrogen functional groups attached to an aromatic ring is 1. The second-order valence-electron chi connectivity index (χ2n) is 4.30. The number of amides is 1. The summed E-state index contributed by atoms with van der Waals surface area (Å²) in [4.78, 5) is 12.9. The highest BCUT2D eigenvalue weighted by atomic mass is 79.9. The zero-order valence-corrected chi connectivity index (χ0v) is 13.4. The van der Waals surface area contributed by atoms with Crippen molar-refractivity contribution in [3.05, 3.63) is 52.5 Å². The standard InChI is InChI=1S/C15H15BrN2OS/c1-10-5-4-8-13(15(10)17)20-9-14(19)18-12-7-3-2-6-11(12)16/h2-8H,9,17H2,1H3,(H,18,19). The van der Waals surface area contributed by atoms with Gasteiger partial charge in [-0.05, 0) is 46.6 Å². The van der Waals surface area contributed by atoms with Crippen LogP contribution in [-0.2, 0) is 4.79 Å². The van der Waals surface area contributed by atoms with Crippen LogP contribution < -0.4 is 11.1 Å². The molecule has 0 saturated carbocycles. The van der Waals surface area contributed by atoms with Crippen molar-refractivity contribution in [2.45, 2.75) is 11.8 Å². The first-order chi connectivity index (χ1) is 9.58. The van der Waals surface area contributed by atoms with Crippen LogP contribution in [0.2, 0.25) is 0 Å². The fourth-order valence-electron chi connectivity index (χ4n) is 1.67. The largest absolute Gasteiger partial charge is 0.398 e. The Kier molecular flexibility index (Phi) is 5.09. The van der Waals surface area contributed by atoms with Crippen LogP contribution >= 0.6 is 27.7 Å². The van der Waals surface area contributed by atoms with Crippen LogP contribution in [0, 0.1) is 6.92 Å². The Morgan fingerprint density at radius 2 is 2.00 bits per heavy atom. The molecule has 0 aliphatic carbocycles. The molecule has 3 nitrogen and oxygen atoms in total. The number of nitrogens with one attached hydrogen (secondary N) is 1. The number of carbonyl (C=O) groups is 1. The van der Waals surface area contributed by atoms with Gasteiger partial charge in [-0.3, -0.25) is 4.79 Å². The molecule has 104 valence electrons. The topological polar surface area (TPSA) is 55.1 Å². The maximum absolute atomic E-state index is 11.9. The number of carbonyl (C=O) groups excluding carboxylic acids is 1. The van der Waals surface area contributed by atoms with E-state index < -0.39 is 0 Å². The summed E-state index contributed by atoms with van der Waals surface area (Å²) in [5.74, 6) is 0.275. The van der Waals surface area contributed by atoms with Gasteiger partial charge in [-0.15, -0.1) is 11.8 Å². The molecule has 2 aromatic rings. The molecule has 0 aromatic heterocycles. The fraction of sp³-hybridized carbons (Fsp3) is 0.133. The summed E-state index contributed by atoms with van der Waals surface area (Å²) in [6.07, 6.45) is 0. The number of aryl methyl sites for hydroxylation is 1. The minimum Gasteiger partial charge on any atom is -0.398 e. The van der Waals surface area contributed by atoms with Crippen molar-refractivity contribution in [3.8, 4) is 0 Å². The van der Waals surface area contributed by atoms with Gasteiger partial charge < -0.3 is 11.1 Å². The van der Waals surface area contributed by atoms with Gasteiger partial charge in [0.05, 0.1) is 11.4 Å². The van der Waals surface area contributed by atoms with Crippen molar-refractivity contribution in [2.75, 3.05) is 16.8 Å². The first-order valence-corrected chi connectivity index (χ1v) is 7.88. The quantitative estimate of drug-likeness (QED) is 0.645. The number of hydrogen-bond acceptors (Lipinski definition) is 3. The van der Waals surface area contributed by atoms with Crippen LogP contribution in [-0.4, -0.2) is 11.7 Å². The second-order valence-corrected chi connectivity index (χ2v) is 6.17. The molecule has 0 radical (unpaired) electrons. The smallest absolute Gasteiger partial charge is 0.234 e. The maximum Gasteiger partial charge on any atom is 0.234 e. The minimum atomic E-state index is -0.0530. The maximum atomic E-state index is 11.9. The number of halogens is 1. The van der Waals surface area contributed by atoms with E-state index in [2.05, 4.69) is 21.2 Å². The highest BCUT2D eigenvalue weighted by molar-refractivity contribution is 9.10. The number of anilines is 2. The first-order valence-electron chi connectivity index (χ1n) is 6.10. The molecule has 2 rings (SSSR count). The van der Waals surface area contributed by atoms with Crippen LogP contribution in [0.1, 0.15) is 5.56 Å². The van der Waals surface area contributed by atoms with Gasteiger partial charge in [-0.1, -0.05) is 24.3 Å². The lowest BCUT2D eigenvalue weighted by molar-refractivity contribution is -0.113. The van der Waals surface area contributed by atoms with E-state index >= 15 is 0 Å². The number of benzene rings is 2. The van der Waals surface area contributed by atoms with Crippen molar-refractivity contribution in [2.24, 2.45) is 0 Å². The van der Waals surface area contributed by atoms with E-state index in [1.807, 2.05) is 49.4 Å². The zero-order chi connectivity index (χ0) is 14.5. The SMILES string of the molecule is Cc1cccc(SCC(=O)Nc2ccccc2Br)c1N. The van der Waals surface area contributed by atoms with E-state index in [0.29, 0.717) is 5.75 Å². The Balaban J connectivity index is 1.96. The molecule has 0 spiro atoms. The van der Waals surface area contributed by atoms with Crippen LogP contribution in [0.25, 0.3) is 0 Å². The number of hydrogen-bond donors (Lipinski definition) is 2. The zero-order valence-electron chi connectivity index (χ0n) is 11.0. The average Bonchev–Trinajstić information content (AvgIpc) is 2.43. The molecule has 5 heteroatoms. The Morgan fingerprint density at radius 3 is 2.75 bits per heavy atom. The number of rotatable bonds is 4. The number of para-hydroxylation sites is 2. The van der Waals surface area contributed by atoms with E-state index in [1.165, 1.54) is 11.8 Å². The molecule has 2 aromatic carbocycles. The van der Waals surface area contributed by atoms with Crippen molar-refractivity contribution >= 4 is 45.0 Å². The van der Waals surface area contributed by atoms with Crippen molar-refractivity contribution in [1.29, 1.82) is 0 Å². The Morgan fingerprint density at radius 1 is 1.25 bits per heavy atom. The molecular formula is C15H15BrN2OS. The summed E-state index contributed by atoms with van der Waals surface area (Å²) < 4.78 is 0.869. The summed E-state index contributed by atoms with van der Waals surface area (Å²) in [5, 5.41) is 2.87. The molecule has 3 N–H and O–H groups in total. The molecule has 0 saturated heterocycles. The minimum absolute atomic E-state index is 0.0530. The Labute approximate surface area is 131 Å². The Hall–Kier alpha value is -1.46. The van der Waals surface area contributed by atoms with Crippen LogP contribution in [0.15, 0.2) is 51.8 Å². The third-order valence-corrected chi connectivity index (χ3v) is 4.56. The lowest BCUT2D eigenvalue weighted by atomic mass is 10.2. The molecule has 0 unspecified atom stereocenters. The molecule has 0 bridgehead atoms. The fourth-order valence-corrected chi connectivity index (χ4v) is 2.91. The number of nitrogens with two attached hydrogens (primary N) is 1. The van der Waals surface area contributed by atoms with E-state index in [-0.39, 0.29) is 5.91 Å². The van der Waals surface area contributed by atoms with E-state index in [4.69, 9.17) is 5.73 Å². The molecule has 0 aliphatic rings. The molecule has 20 heavy (non-hydrogen) atoms. The molecular weight excluding hydrogens is 336 g/mol. The summed E-state index contributed by atoms with van der Waals surface area (Å²) in [6, 6.07) is 13.4. The van der Waals surface area contributed by atoms with Crippen LogP contribution in [0.4, 0.5) is 11.4 Å². The molecule has 0 aliphatic heterocycles. The average molecular weight is 351 g/mol. The monoisotopic (exact) mass is 350 g/mol. The third-order valence-electron chi connectivity index (χ3n) is 2.79. The Bertz CT molecular complexity index is 631. The van der Waals surface area contributed by atoms with Gasteiger partial charge in [-0.2, -0.15) is 0 Å². The van der Waals surface area contributed by atoms with E-state index in [1.54, 1.807) is 0 Å². The highest BCUT2D eigenvalue weighted by Crippen LogP contribution is 2.28. The molecule has 0 fully saturated rings. The summed E-state index contributed by atoms with van der Waals surface area (Å²) in [7, 11) is 0. The van der Waals surface area contributed by atoms with E-state index in [9.17, 15) is 4.79 Å². The lowest BCUT2D eigenvalue weighted by Crippen LogP contribution is -2.14. The van der Waals surface area contributed by atoms with Gasteiger partial charge in [0.1, 0.15) is 0 Å². The normalized spacial score (nSPS) is 10.3. The summed E-state index contributed by atoms with van der Waals surface area (Å²) >= 11 is 4.84. The van der Waals surface area contributed by atoms with Crippen LogP contribution in [0.5, 0.6) is 0 Å². The predicted octanol–water partition coefficient (Wildman–Crippen LogP) is 4.07. The van der Waals surface area contributed by atoms with Gasteiger partial charge >= 0.3 is 0 Å². The van der Waals surface area contributed by atoms with Gasteiger partial charge in [0.2, 0.25) is 5.91 Å². The summed E-state index contributed by atoms with van der Waals surface area (Å²) in [6.45, 7) is 1.96. The second kappa shape index (κ2) is 6.81. The van der Waals surface area contributed by atoms with Gasteiger partial charge in [0.15, 0.2) is 0 Å². The van der Waals surface area contributed by atoms with Crippen molar-refractivity contribution in [1.82, 2.24) is 0 Å². The first kappa shape index (κ1) is 14.9. The number of thioether (sulfide) groups is 1. The molecule has 1 amide bonds. The van der Waals surface area contributed by atoms with Gasteiger partial charge in [-0.25, -0.2) is 0 Å². The van der Waals surface area contributed by atoms with Crippen molar-refractivity contribution < 1.29 is 4.79 Å². The van der Waals surface area contributed by atoms with Crippen LogP contribution in [0.3, 0.4) is 0 Å². The molecule has 0 heterocycles. The predicted molar refractivity (Wildman–Crippen MR) is 89.1 cm³/mol. The van der Waals surface area contributed by atoms with Gasteiger partial charge in [0, 0.05) is 15.1 Å². The lowest BCUT2D eigenvalue weighted by Gasteiger charge is -2.09. The van der Waals surface area contributed by atoms with Gasteiger partial charge in [0.25, 0.3) is 0 Å². The third kappa shape index (κ3) is 3.77. The summed E-state index contributed by atoms with van der Waals surface area (Å²) in [5.41, 5.74) is 8.53.